The van der Waals surface area contributed by atoms with Crippen molar-refractivity contribution in [2.45, 2.75) is 19.4 Å². The normalized spacial score (nSPS) is 11.6. The van der Waals surface area contributed by atoms with Gasteiger partial charge in [-0.05, 0) is 38.1 Å². The fraction of sp³-hybridized carbons (Fsp3) is 0.471. The van der Waals surface area contributed by atoms with Gasteiger partial charge in [-0.3, -0.25) is 4.90 Å². The molecule has 1 aromatic rings. The molecule has 0 saturated heterocycles. The van der Waals surface area contributed by atoms with Crippen molar-refractivity contribution in [2.75, 3.05) is 33.9 Å². The third kappa shape index (κ3) is 6.61. The smallest absolute Gasteiger partial charge is 0.329 e. The number of methoxy groups -OCH3 is 1. The monoisotopic (exact) mass is 305 g/mol. The second kappa shape index (κ2) is 9.82. The van der Waals surface area contributed by atoms with Gasteiger partial charge < -0.3 is 14.6 Å². The minimum Gasteiger partial charge on any atom is -0.497 e. The molecule has 120 valence electrons. The molecule has 1 aromatic carbocycles. The lowest BCUT2D eigenvalue weighted by molar-refractivity contribution is -0.142. The molecule has 0 heterocycles. The summed E-state index contributed by atoms with van der Waals surface area (Å²) in [5, 5.41) is 8.68. The molecule has 1 N–H and O–H groups in total. The van der Waals surface area contributed by atoms with Crippen LogP contribution in [0.4, 0.5) is 0 Å². The average molecular weight is 305 g/mol. The van der Waals surface area contributed by atoms with E-state index in [0.717, 1.165) is 17.7 Å². The highest BCUT2D eigenvalue weighted by Crippen LogP contribution is 2.14. The predicted octanol–water partition coefficient (Wildman–Crippen LogP) is 1.66. The van der Waals surface area contributed by atoms with Gasteiger partial charge in [-0.15, -0.1) is 5.92 Å². The summed E-state index contributed by atoms with van der Waals surface area (Å²) >= 11 is 0. The van der Waals surface area contributed by atoms with Gasteiger partial charge in [0.1, 0.15) is 12.4 Å². The first-order chi connectivity index (χ1) is 10.6. The Morgan fingerprint density at radius 1 is 1.36 bits per heavy atom. The topological polar surface area (TPSA) is 59.0 Å². The van der Waals surface area contributed by atoms with Crippen LogP contribution in [0.1, 0.15) is 12.5 Å². The van der Waals surface area contributed by atoms with Crippen LogP contribution in [0.25, 0.3) is 0 Å². The number of benzene rings is 1. The standard InChI is InChI=1S/C17H23NO4/c1-4-5-10-18(2)15(12-22-13-17(19)20)11-14-6-8-16(21-3)9-7-14/h6-9,15H,10-13H2,1-3H3,(H,19,20)/t15-/m0/s1. The van der Waals surface area contributed by atoms with Crippen LogP contribution in [-0.2, 0) is 16.0 Å². The van der Waals surface area contributed by atoms with Crippen LogP contribution < -0.4 is 4.74 Å². The summed E-state index contributed by atoms with van der Waals surface area (Å²) in [6.07, 6.45) is 0.755. The minimum absolute atomic E-state index is 0.0635. The Hall–Kier alpha value is -2.03. The number of hydrogen-bond donors (Lipinski definition) is 1. The van der Waals surface area contributed by atoms with E-state index in [1.54, 1.807) is 14.0 Å². The molecular formula is C17H23NO4. The van der Waals surface area contributed by atoms with Crippen molar-refractivity contribution in [3.8, 4) is 17.6 Å². The van der Waals surface area contributed by atoms with Crippen LogP contribution in [0.15, 0.2) is 24.3 Å². The van der Waals surface area contributed by atoms with Crippen LogP contribution >= 0.6 is 0 Å². The highest BCUT2D eigenvalue weighted by molar-refractivity contribution is 5.67. The number of nitrogens with zero attached hydrogens (tertiary/aromatic N) is 1. The molecule has 0 amide bonds. The summed E-state index contributed by atoms with van der Waals surface area (Å²) in [4.78, 5) is 12.6. The molecule has 0 aliphatic carbocycles. The van der Waals surface area contributed by atoms with Crippen LogP contribution in [0.5, 0.6) is 5.75 Å². The summed E-state index contributed by atoms with van der Waals surface area (Å²) in [5.41, 5.74) is 1.14. The lowest BCUT2D eigenvalue weighted by Crippen LogP contribution is -2.38. The summed E-state index contributed by atoms with van der Waals surface area (Å²) in [6.45, 7) is 2.48. The maximum atomic E-state index is 10.6. The van der Waals surface area contributed by atoms with Gasteiger partial charge in [0.2, 0.25) is 0 Å². The van der Waals surface area contributed by atoms with Crippen LogP contribution in [-0.4, -0.2) is 55.9 Å². The molecule has 22 heavy (non-hydrogen) atoms. The first-order valence-corrected chi connectivity index (χ1v) is 7.09. The summed E-state index contributed by atoms with van der Waals surface area (Å²) in [5.74, 6) is 5.73. The minimum atomic E-state index is -0.959. The highest BCUT2D eigenvalue weighted by atomic mass is 16.5. The molecule has 0 fully saturated rings. The highest BCUT2D eigenvalue weighted by Gasteiger charge is 2.16. The lowest BCUT2D eigenvalue weighted by atomic mass is 10.1. The van der Waals surface area contributed by atoms with Gasteiger partial charge in [-0.1, -0.05) is 18.1 Å². The number of carboxylic acids is 1. The van der Waals surface area contributed by atoms with E-state index < -0.39 is 5.97 Å². The van der Waals surface area contributed by atoms with Gasteiger partial charge in [0.15, 0.2) is 0 Å². The van der Waals surface area contributed by atoms with Gasteiger partial charge in [-0.25, -0.2) is 4.79 Å². The Morgan fingerprint density at radius 2 is 2.05 bits per heavy atom. The maximum Gasteiger partial charge on any atom is 0.329 e. The second-order valence-corrected chi connectivity index (χ2v) is 4.96. The first kappa shape index (κ1) is 18.0. The molecule has 0 aromatic heterocycles. The Balaban J connectivity index is 2.68. The predicted molar refractivity (Wildman–Crippen MR) is 85.0 cm³/mol. The van der Waals surface area contributed by atoms with Crippen molar-refractivity contribution >= 4 is 5.97 Å². The molecule has 0 spiro atoms. The second-order valence-electron chi connectivity index (χ2n) is 4.96. The van der Waals surface area contributed by atoms with E-state index in [1.807, 2.05) is 31.3 Å². The van der Waals surface area contributed by atoms with Crippen molar-refractivity contribution in [3.05, 3.63) is 29.8 Å². The average Bonchev–Trinajstić information content (AvgIpc) is 2.52. The number of aliphatic carboxylic acids is 1. The van der Waals surface area contributed by atoms with Crippen molar-refractivity contribution in [1.82, 2.24) is 4.90 Å². The summed E-state index contributed by atoms with van der Waals surface area (Å²) in [7, 11) is 3.59. The van der Waals surface area contributed by atoms with Gasteiger partial charge in [0.25, 0.3) is 0 Å². The van der Waals surface area contributed by atoms with Gasteiger partial charge in [0.05, 0.1) is 20.3 Å². The van der Waals surface area contributed by atoms with Crippen molar-refractivity contribution in [2.24, 2.45) is 0 Å². The van der Waals surface area contributed by atoms with Gasteiger partial charge in [-0.2, -0.15) is 0 Å². The van der Waals surface area contributed by atoms with E-state index in [9.17, 15) is 4.79 Å². The van der Waals surface area contributed by atoms with E-state index in [4.69, 9.17) is 14.6 Å². The van der Waals surface area contributed by atoms with E-state index >= 15 is 0 Å². The molecule has 5 heteroatoms. The van der Waals surface area contributed by atoms with Crippen LogP contribution in [0, 0.1) is 11.8 Å². The third-order valence-corrected chi connectivity index (χ3v) is 3.29. The zero-order chi connectivity index (χ0) is 16.4. The molecular weight excluding hydrogens is 282 g/mol. The molecule has 0 aliphatic rings. The molecule has 1 rings (SSSR count). The summed E-state index contributed by atoms with van der Waals surface area (Å²) < 4.78 is 10.4. The molecule has 0 aliphatic heterocycles. The SMILES string of the molecule is CC#CCN(C)[C@H](COCC(=O)O)Cc1ccc(OC)cc1. The third-order valence-electron chi connectivity index (χ3n) is 3.29. The van der Waals surface area contributed by atoms with Crippen molar-refractivity contribution in [3.63, 3.8) is 0 Å². The Bertz CT molecular complexity index is 516. The van der Waals surface area contributed by atoms with Crippen LogP contribution in [0.3, 0.4) is 0 Å². The number of carbonyl (C=O) groups is 1. The fourth-order valence-corrected chi connectivity index (χ4v) is 1.99. The largest absolute Gasteiger partial charge is 0.497 e. The number of carboxylic acid groups (broad SMARTS) is 1. The quantitative estimate of drug-likeness (QED) is 0.703. The maximum absolute atomic E-state index is 10.6. The van der Waals surface area contributed by atoms with E-state index in [0.29, 0.717) is 13.2 Å². The van der Waals surface area contributed by atoms with E-state index in [1.165, 1.54) is 0 Å². The number of hydrogen-bond acceptors (Lipinski definition) is 4. The number of ether oxygens (including phenoxy) is 2. The Morgan fingerprint density at radius 3 is 2.59 bits per heavy atom. The Kier molecular flexibility index (Phi) is 8.05. The number of rotatable bonds is 9. The van der Waals surface area contributed by atoms with Gasteiger partial charge in [0, 0.05) is 6.04 Å². The number of likely N-dealkylation sites (N-methyl/N-ethyl adjacent to an activating group) is 1. The molecule has 0 saturated carbocycles. The van der Waals surface area contributed by atoms with Gasteiger partial charge >= 0.3 is 5.97 Å². The molecule has 0 bridgehead atoms. The van der Waals surface area contributed by atoms with E-state index in [-0.39, 0.29) is 12.6 Å². The van der Waals surface area contributed by atoms with Crippen LogP contribution in [0.2, 0.25) is 0 Å². The zero-order valence-electron chi connectivity index (χ0n) is 13.3. The molecule has 0 unspecified atom stereocenters. The summed E-state index contributed by atoms with van der Waals surface area (Å²) in [6, 6.07) is 7.89. The Labute approximate surface area is 131 Å². The van der Waals surface area contributed by atoms with Crippen molar-refractivity contribution in [1.29, 1.82) is 0 Å². The molecule has 1 atom stereocenters. The van der Waals surface area contributed by atoms with E-state index in [2.05, 4.69) is 16.7 Å². The molecule has 5 nitrogen and oxygen atoms in total. The lowest BCUT2D eigenvalue weighted by Gasteiger charge is -2.26. The zero-order valence-corrected chi connectivity index (χ0v) is 13.3. The molecule has 0 radical (unpaired) electrons. The fourth-order valence-electron chi connectivity index (χ4n) is 1.99. The van der Waals surface area contributed by atoms with Crippen molar-refractivity contribution < 1.29 is 19.4 Å². The first-order valence-electron chi connectivity index (χ1n) is 7.09.